The van der Waals surface area contributed by atoms with Gasteiger partial charge in [-0.25, -0.2) is 4.39 Å². The number of aliphatic imine (C=N–C) groups is 1. The fourth-order valence-electron chi connectivity index (χ4n) is 2.30. The lowest BCUT2D eigenvalue weighted by molar-refractivity contribution is 0.494. The number of rotatable bonds is 4. The molecule has 0 bridgehead atoms. The summed E-state index contributed by atoms with van der Waals surface area (Å²) >= 11 is 0. The summed E-state index contributed by atoms with van der Waals surface area (Å²) in [6, 6.07) is 6.66. The Kier molecular flexibility index (Phi) is 5.19. The van der Waals surface area contributed by atoms with Crippen molar-refractivity contribution >= 4 is 5.96 Å². The molecule has 0 radical (unpaired) electrons. The second-order valence-electron chi connectivity index (χ2n) is 4.81. The molecule has 1 aliphatic rings. The molecule has 1 fully saturated rings. The number of hydrogen-bond donors (Lipinski definition) is 1. The summed E-state index contributed by atoms with van der Waals surface area (Å²) in [7, 11) is 0. The quantitative estimate of drug-likeness (QED) is 0.667. The van der Waals surface area contributed by atoms with Crippen molar-refractivity contribution in [2.24, 2.45) is 4.99 Å². The highest BCUT2D eigenvalue weighted by molar-refractivity contribution is 5.80. The van der Waals surface area contributed by atoms with Gasteiger partial charge in [-0.05, 0) is 43.9 Å². The van der Waals surface area contributed by atoms with Crippen LogP contribution in [0.4, 0.5) is 4.39 Å². The molecule has 1 aromatic rings. The van der Waals surface area contributed by atoms with Crippen LogP contribution in [0.25, 0.3) is 0 Å². The third kappa shape index (κ3) is 4.23. The van der Waals surface area contributed by atoms with Gasteiger partial charge in [0.1, 0.15) is 5.82 Å². The smallest absolute Gasteiger partial charge is 0.193 e. The Bertz CT molecular complexity index is 408. The van der Waals surface area contributed by atoms with Crippen LogP contribution in [0.2, 0.25) is 0 Å². The highest BCUT2D eigenvalue weighted by Crippen LogP contribution is 2.08. The van der Waals surface area contributed by atoms with Gasteiger partial charge in [-0.1, -0.05) is 12.1 Å². The van der Waals surface area contributed by atoms with E-state index in [1.54, 1.807) is 0 Å². The molecule has 1 saturated heterocycles. The van der Waals surface area contributed by atoms with Crippen LogP contribution in [-0.4, -0.2) is 37.0 Å². The minimum atomic E-state index is -0.183. The maximum atomic E-state index is 12.8. The van der Waals surface area contributed by atoms with Gasteiger partial charge in [0.15, 0.2) is 5.96 Å². The highest BCUT2D eigenvalue weighted by atomic mass is 19.1. The van der Waals surface area contributed by atoms with Crippen LogP contribution in [0.5, 0.6) is 0 Å². The molecule has 2 rings (SSSR count). The zero-order chi connectivity index (χ0) is 13.5. The third-order valence-corrected chi connectivity index (χ3v) is 3.32. The van der Waals surface area contributed by atoms with Gasteiger partial charge in [0.25, 0.3) is 0 Å². The topological polar surface area (TPSA) is 27.6 Å². The molecular weight excluding hydrogens is 241 g/mol. The molecule has 0 aromatic heterocycles. The molecule has 3 nitrogen and oxygen atoms in total. The minimum absolute atomic E-state index is 0.183. The van der Waals surface area contributed by atoms with Crippen molar-refractivity contribution in [1.29, 1.82) is 0 Å². The molecule has 0 saturated carbocycles. The summed E-state index contributed by atoms with van der Waals surface area (Å²) in [5.41, 5.74) is 1.13. The second kappa shape index (κ2) is 7.12. The number of guanidine groups is 1. The van der Waals surface area contributed by atoms with Crippen LogP contribution in [0, 0.1) is 5.82 Å². The Hall–Kier alpha value is -1.58. The maximum Gasteiger partial charge on any atom is 0.193 e. The van der Waals surface area contributed by atoms with E-state index < -0.39 is 0 Å². The summed E-state index contributed by atoms with van der Waals surface area (Å²) in [5.74, 6) is 0.833. The fraction of sp³-hybridized carbons (Fsp3) is 0.533. The molecule has 0 atom stereocenters. The van der Waals surface area contributed by atoms with Crippen molar-refractivity contribution in [2.75, 3.05) is 26.2 Å². The van der Waals surface area contributed by atoms with E-state index in [0.29, 0.717) is 0 Å². The Morgan fingerprint density at radius 2 is 1.95 bits per heavy atom. The van der Waals surface area contributed by atoms with Crippen molar-refractivity contribution in [3.8, 4) is 0 Å². The molecular formula is C15H22FN3. The number of likely N-dealkylation sites (tertiary alicyclic amines) is 1. The maximum absolute atomic E-state index is 12.8. The molecule has 104 valence electrons. The van der Waals surface area contributed by atoms with Gasteiger partial charge in [0.05, 0.1) is 0 Å². The van der Waals surface area contributed by atoms with E-state index in [9.17, 15) is 4.39 Å². The minimum Gasteiger partial charge on any atom is -0.357 e. The number of nitrogens with one attached hydrogen (secondary N) is 1. The summed E-state index contributed by atoms with van der Waals surface area (Å²) < 4.78 is 12.8. The van der Waals surface area contributed by atoms with Crippen LogP contribution >= 0.6 is 0 Å². The van der Waals surface area contributed by atoms with Gasteiger partial charge >= 0.3 is 0 Å². The number of benzene rings is 1. The van der Waals surface area contributed by atoms with Gasteiger partial charge < -0.3 is 10.2 Å². The molecule has 4 heteroatoms. The normalized spacial score (nSPS) is 15.9. The van der Waals surface area contributed by atoms with Crippen molar-refractivity contribution < 1.29 is 4.39 Å². The van der Waals surface area contributed by atoms with E-state index in [1.165, 1.54) is 25.0 Å². The van der Waals surface area contributed by atoms with E-state index in [2.05, 4.69) is 22.1 Å². The summed E-state index contributed by atoms with van der Waals surface area (Å²) in [4.78, 5) is 6.96. The van der Waals surface area contributed by atoms with E-state index in [4.69, 9.17) is 0 Å². The average Bonchev–Trinajstić information content (AvgIpc) is 2.94. The molecule has 0 amide bonds. The summed E-state index contributed by atoms with van der Waals surface area (Å²) in [5, 5.41) is 3.34. The van der Waals surface area contributed by atoms with Crippen LogP contribution in [0.15, 0.2) is 29.3 Å². The van der Waals surface area contributed by atoms with E-state index >= 15 is 0 Å². The van der Waals surface area contributed by atoms with Crippen LogP contribution in [0.3, 0.4) is 0 Å². The van der Waals surface area contributed by atoms with Crippen LogP contribution < -0.4 is 5.32 Å². The zero-order valence-corrected chi connectivity index (χ0v) is 11.5. The molecule has 1 heterocycles. The lowest BCUT2D eigenvalue weighted by Crippen LogP contribution is -2.39. The number of hydrogen-bond acceptors (Lipinski definition) is 1. The molecule has 19 heavy (non-hydrogen) atoms. The molecule has 0 unspecified atom stereocenters. The third-order valence-electron chi connectivity index (χ3n) is 3.32. The second-order valence-corrected chi connectivity index (χ2v) is 4.81. The van der Waals surface area contributed by atoms with Crippen molar-refractivity contribution in [3.63, 3.8) is 0 Å². The van der Waals surface area contributed by atoms with Crippen LogP contribution in [-0.2, 0) is 6.42 Å². The molecule has 1 aromatic carbocycles. The van der Waals surface area contributed by atoms with Crippen molar-refractivity contribution in [2.45, 2.75) is 26.2 Å². The van der Waals surface area contributed by atoms with E-state index in [1.807, 2.05) is 12.1 Å². The van der Waals surface area contributed by atoms with Gasteiger partial charge in [-0.2, -0.15) is 0 Å². The first kappa shape index (κ1) is 13.8. The van der Waals surface area contributed by atoms with Gasteiger partial charge in [0, 0.05) is 26.2 Å². The van der Waals surface area contributed by atoms with Gasteiger partial charge in [-0.3, -0.25) is 4.99 Å². The molecule has 0 aliphatic carbocycles. The SMILES string of the molecule is CCNC(=NCCc1ccc(F)cc1)N1CCCC1. The summed E-state index contributed by atoms with van der Waals surface area (Å²) in [6.45, 7) is 5.92. The lowest BCUT2D eigenvalue weighted by Gasteiger charge is -2.20. The molecule has 0 spiro atoms. The molecule has 1 aliphatic heterocycles. The Labute approximate surface area is 114 Å². The zero-order valence-electron chi connectivity index (χ0n) is 11.5. The van der Waals surface area contributed by atoms with Gasteiger partial charge in [0.2, 0.25) is 0 Å². The first-order chi connectivity index (χ1) is 9.29. The monoisotopic (exact) mass is 263 g/mol. The lowest BCUT2D eigenvalue weighted by atomic mass is 10.1. The van der Waals surface area contributed by atoms with E-state index in [0.717, 1.165) is 44.1 Å². The predicted octanol–water partition coefficient (Wildman–Crippen LogP) is 2.43. The Balaban J connectivity index is 1.88. The van der Waals surface area contributed by atoms with Crippen LogP contribution in [0.1, 0.15) is 25.3 Å². The van der Waals surface area contributed by atoms with E-state index in [-0.39, 0.29) is 5.82 Å². The Morgan fingerprint density at radius 1 is 1.26 bits per heavy atom. The molecule has 1 N–H and O–H groups in total. The number of nitrogens with zero attached hydrogens (tertiary/aromatic N) is 2. The number of halogens is 1. The van der Waals surface area contributed by atoms with Crippen molar-refractivity contribution in [1.82, 2.24) is 10.2 Å². The predicted molar refractivity (Wildman–Crippen MR) is 76.9 cm³/mol. The average molecular weight is 263 g/mol. The highest BCUT2D eigenvalue weighted by Gasteiger charge is 2.14. The Morgan fingerprint density at radius 3 is 2.58 bits per heavy atom. The fourth-order valence-corrected chi connectivity index (χ4v) is 2.30. The van der Waals surface area contributed by atoms with Crippen molar-refractivity contribution in [3.05, 3.63) is 35.6 Å². The standard InChI is InChI=1S/C15H22FN3/c1-2-17-15(19-11-3-4-12-19)18-10-9-13-5-7-14(16)8-6-13/h5-8H,2-4,9-12H2,1H3,(H,17,18). The van der Waals surface area contributed by atoms with Gasteiger partial charge in [-0.15, -0.1) is 0 Å². The first-order valence-corrected chi connectivity index (χ1v) is 7.07. The largest absolute Gasteiger partial charge is 0.357 e. The first-order valence-electron chi connectivity index (χ1n) is 7.07. The summed E-state index contributed by atoms with van der Waals surface area (Å²) in [6.07, 6.45) is 3.35.